The van der Waals surface area contributed by atoms with Gasteiger partial charge in [0.1, 0.15) is 6.61 Å². The van der Waals surface area contributed by atoms with Crippen LogP contribution in [0.25, 0.3) is 16.7 Å². The lowest BCUT2D eigenvalue weighted by Gasteiger charge is -2.11. The van der Waals surface area contributed by atoms with Crippen LogP contribution in [0, 0.1) is 0 Å². The van der Waals surface area contributed by atoms with Crippen LogP contribution in [0.4, 0.5) is 0 Å². The number of hydrogen-bond donors (Lipinski definition) is 0. The van der Waals surface area contributed by atoms with Crippen molar-refractivity contribution < 1.29 is 17.9 Å². The predicted molar refractivity (Wildman–Crippen MR) is 83.9 cm³/mol. The van der Waals surface area contributed by atoms with Gasteiger partial charge >= 0.3 is 5.97 Å². The summed E-state index contributed by atoms with van der Waals surface area (Å²) in [5.74, 6) is -0.383. The number of carbonyl (C=O) groups excluding carboxylic acids is 1. The smallest absolute Gasteiger partial charge is 0.338 e. The van der Waals surface area contributed by atoms with Crippen molar-refractivity contribution >= 4 is 21.4 Å². The molecule has 1 heterocycles. The highest BCUT2D eigenvalue weighted by Gasteiger charge is 2.21. The molecule has 0 aromatic heterocycles. The van der Waals surface area contributed by atoms with Gasteiger partial charge in [0, 0.05) is 11.8 Å². The predicted octanol–water partition coefficient (Wildman–Crippen LogP) is 2.70. The first-order chi connectivity index (χ1) is 10.5. The Morgan fingerprint density at radius 3 is 2.32 bits per heavy atom. The third-order valence-electron chi connectivity index (χ3n) is 3.50. The Morgan fingerprint density at radius 2 is 1.73 bits per heavy atom. The number of esters is 1. The average molecular weight is 314 g/mol. The minimum atomic E-state index is -3.37. The minimum absolute atomic E-state index is 0.245. The van der Waals surface area contributed by atoms with Crippen molar-refractivity contribution in [3.63, 3.8) is 0 Å². The quantitative estimate of drug-likeness (QED) is 0.817. The number of benzene rings is 2. The number of rotatable bonds is 3. The van der Waals surface area contributed by atoms with Crippen molar-refractivity contribution in [3.05, 3.63) is 60.2 Å². The van der Waals surface area contributed by atoms with Gasteiger partial charge in [-0.15, -0.1) is 0 Å². The van der Waals surface area contributed by atoms with Gasteiger partial charge in [-0.1, -0.05) is 36.4 Å². The molecule has 0 saturated heterocycles. The van der Waals surface area contributed by atoms with Crippen molar-refractivity contribution in [1.82, 2.24) is 0 Å². The standard InChI is InChI=1S/C17H14O4S/c1-22(19,20)16-8-7-13(14-9-10-21-17(14)18)11-15(16)12-5-3-2-4-6-12/h2-9,11H,10H2,1H3. The Morgan fingerprint density at radius 1 is 1.00 bits per heavy atom. The maximum absolute atomic E-state index is 12.0. The fraction of sp³-hybridized carbons (Fsp3) is 0.118. The van der Waals surface area contributed by atoms with Crippen LogP contribution in [0.2, 0.25) is 0 Å². The molecule has 1 aliphatic heterocycles. The number of ether oxygens (including phenoxy) is 1. The molecular formula is C17H14O4S. The van der Waals surface area contributed by atoms with Crippen molar-refractivity contribution in [2.75, 3.05) is 12.9 Å². The molecule has 0 atom stereocenters. The molecule has 0 unspecified atom stereocenters. The lowest BCUT2D eigenvalue weighted by atomic mass is 9.99. The molecule has 1 aliphatic rings. The molecule has 0 aliphatic carbocycles. The van der Waals surface area contributed by atoms with Crippen LogP contribution in [0.1, 0.15) is 5.56 Å². The Bertz CT molecular complexity index is 865. The molecule has 0 saturated carbocycles. The zero-order valence-corrected chi connectivity index (χ0v) is 12.8. The van der Waals surface area contributed by atoms with E-state index in [1.54, 1.807) is 24.3 Å². The summed E-state index contributed by atoms with van der Waals surface area (Å²) < 4.78 is 28.9. The average Bonchev–Trinajstić information content (AvgIpc) is 2.93. The lowest BCUT2D eigenvalue weighted by molar-refractivity contribution is -0.133. The number of carbonyl (C=O) groups is 1. The van der Waals surface area contributed by atoms with Gasteiger partial charge in [0.05, 0.1) is 10.5 Å². The summed E-state index contributed by atoms with van der Waals surface area (Å²) in [6.07, 6.45) is 2.88. The molecule has 5 heteroatoms. The molecule has 0 bridgehead atoms. The lowest BCUT2D eigenvalue weighted by Crippen LogP contribution is -2.03. The first-order valence-electron chi connectivity index (χ1n) is 6.74. The molecule has 2 aromatic carbocycles. The first-order valence-corrected chi connectivity index (χ1v) is 8.63. The molecule has 0 spiro atoms. The van der Waals surface area contributed by atoms with Crippen LogP contribution < -0.4 is 0 Å². The molecule has 4 nitrogen and oxygen atoms in total. The zero-order chi connectivity index (χ0) is 15.7. The molecule has 3 rings (SSSR count). The Hall–Kier alpha value is -2.40. The van der Waals surface area contributed by atoms with Crippen LogP contribution >= 0.6 is 0 Å². The van der Waals surface area contributed by atoms with Crippen LogP contribution in [0.5, 0.6) is 0 Å². The molecule has 0 fully saturated rings. The topological polar surface area (TPSA) is 60.4 Å². The van der Waals surface area contributed by atoms with Crippen LogP contribution in [-0.4, -0.2) is 27.2 Å². The van der Waals surface area contributed by atoms with E-state index in [0.29, 0.717) is 16.7 Å². The second-order valence-corrected chi connectivity index (χ2v) is 7.05. The van der Waals surface area contributed by atoms with Crippen LogP contribution in [0.15, 0.2) is 59.5 Å². The van der Waals surface area contributed by atoms with E-state index in [2.05, 4.69) is 0 Å². The van der Waals surface area contributed by atoms with Crippen molar-refractivity contribution in [2.24, 2.45) is 0 Å². The molecule has 112 valence electrons. The van der Waals surface area contributed by atoms with E-state index in [1.807, 2.05) is 30.3 Å². The van der Waals surface area contributed by atoms with E-state index < -0.39 is 9.84 Å². The molecule has 0 radical (unpaired) electrons. The van der Waals surface area contributed by atoms with Gasteiger partial charge in [0.25, 0.3) is 0 Å². The minimum Gasteiger partial charge on any atom is -0.458 e. The number of hydrogen-bond acceptors (Lipinski definition) is 4. The van der Waals surface area contributed by atoms with Gasteiger partial charge in [-0.3, -0.25) is 0 Å². The third kappa shape index (κ3) is 2.67. The Balaban J connectivity index is 2.22. The second-order valence-electron chi connectivity index (χ2n) is 5.07. The van der Waals surface area contributed by atoms with Gasteiger partial charge in [0.2, 0.25) is 0 Å². The molecule has 0 N–H and O–H groups in total. The normalized spacial score (nSPS) is 14.6. The summed E-state index contributed by atoms with van der Waals surface area (Å²) >= 11 is 0. The van der Waals surface area contributed by atoms with E-state index in [9.17, 15) is 13.2 Å². The SMILES string of the molecule is CS(=O)(=O)c1ccc(C2=CCOC2=O)cc1-c1ccccc1. The van der Waals surface area contributed by atoms with E-state index in [1.165, 1.54) is 6.26 Å². The van der Waals surface area contributed by atoms with Gasteiger partial charge in [0.15, 0.2) is 9.84 Å². The Labute approximate surface area is 129 Å². The van der Waals surface area contributed by atoms with E-state index in [4.69, 9.17) is 4.74 Å². The first kappa shape index (κ1) is 14.5. The van der Waals surface area contributed by atoms with E-state index in [-0.39, 0.29) is 17.5 Å². The van der Waals surface area contributed by atoms with E-state index in [0.717, 1.165) is 5.56 Å². The van der Waals surface area contributed by atoms with Gasteiger partial charge in [-0.25, -0.2) is 13.2 Å². The molecular weight excluding hydrogens is 300 g/mol. The monoisotopic (exact) mass is 314 g/mol. The van der Waals surface area contributed by atoms with Crippen molar-refractivity contribution in [2.45, 2.75) is 4.90 Å². The fourth-order valence-corrected chi connectivity index (χ4v) is 3.35. The highest BCUT2D eigenvalue weighted by molar-refractivity contribution is 7.90. The number of sulfone groups is 1. The molecule has 0 amide bonds. The van der Waals surface area contributed by atoms with Gasteiger partial charge < -0.3 is 4.74 Å². The molecule has 22 heavy (non-hydrogen) atoms. The summed E-state index contributed by atoms with van der Waals surface area (Å²) in [4.78, 5) is 11.9. The van der Waals surface area contributed by atoms with Gasteiger partial charge in [-0.05, 0) is 29.3 Å². The fourth-order valence-electron chi connectivity index (χ4n) is 2.46. The summed E-state index contributed by atoms with van der Waals surface area (Å²) in [6, 6.07) is 14.1. The maximum atomic E-state index is 12.0. The molecule has 2 aromatic rings. The third-order valence-corrected chi connectivity index (χ3v) is 4.65. The summed E-state index contributed by atoms with van der Waals surface area (Å²) in [5.41, 5.74) is 2.50. The van der Waals surface area contributed by atoms with E-state index >= 15 is 0 Å². The highest BCUT2D eigenvalue weighted by atomic mass is 32.2. The Kier molecular flexibility index (Phi) is 3.58. The van der Waals surface area contributed by atoms with Crippen molar-refractivity contribution in [1.29, 1.82) is 0 Å². The van der Waals surface area contributed by atoms with Gasteiger partial charge in [-0.2, -0.15) is 0 Å². The maximum Gasteiger partial charge on any atom is 0.338 e. The summed E-state index contributed by atoms with van der Waals surface area (Å²) in [7, 11) is -3.37. The number of cyclic esters (lactones) is 1. The summed E-state index contributed by atoms with van der Waals surface area (Å²) in [6.45, 7) is 0.253. The van der Waals surface area contributed by atoms with Crippen LogP contribution in [-0.2, 0) is 19.4 Å². The highest BCUT2D eigenvalue weighted by Crippen LogP contribution is 2.31. The largest absolute Gasteiger partial charge is 0.458 e. The zero-order valence-electron chi connectivity index (χ0n) is 11.9. The second kappa shape index (κ2) is 5.42. The summed E-state index contributed by atoms with van der Waals surface area (Å²) in [5, 5.41) is 0. The van der Waals surface area contributed by atoms with Crippen LogP contribution in [0.3, 0.4) is 0 Å². The van der Waals surface area contributed by atoms with Crippen molar-refractivity contribution in [3.8, 4) is 11.1 Å².